The van der Waals surface area contributed by atoms with Crippen LogP contribution in [0.25, 0.3) is 0 Å². The molecule has 0 N–H and O–H groups in total. The molecular formula is C21H24N2O8. The molecule has 2 rings (SSSR count). The van der Waals surface area contributed by atoms with Crippen molar-refractivity contribution < 1.29 is 28.9 Å². The number of nitro benzene ring substituents is 2. The number of nitrogens with zero attached hydrogens (tertiary/aromatic N) is 2. The molecule has 0 radical (unpaired) electrons. The molecule has 0 aliphatic rings. The topological polar surface area (TPSA) is 131 Å². The standard InChI is InChI=1S/C21H24N2O8/c1-4-5-6-7-8-31-17-12-18(29-2)20(19(13-17)30-3)21(24)14-9-15(22(25)26)11-16(10-14)23(27)28/h9-13H,4-8H2,1-3H3. The van der Waals surface area contributed by atoms with Crippen molar-refractivity contribution in [2.75, 3.05) is 20.8 Å². The summed E-state index contributed by atoms with van der Waals surface area (Å²) in [6, 6.07) is 5.78. The Labute approximate surface area is 179 Å². The van der Waals surface area contributed by atoms with E-state index in [0.29, 0.717) is 12.4 Å². The Balaban J connectivity index is 2.44. The fourth-order valence-corrected chi connectivity index (χ4v) is 3.00. The summed E-state index contributed by atoms with van der Waals surface area (Å²) in [7, 11) is 2.71. The number of ether oxygens (including phenoxy) is 3. The Hall–Kier alpha value is -3.69. The summed E-state index contributed by atoms with van der Waals surface area (Å²) in [6.45, 7) is 2.60. The summed E-state index contributed by atoms with van der Waals surface area (Å²) < 4.78 is 16.4. The van der Waals surface area contributed by atoms with E-state index in [9.17, 15) is 25.0 Å². The molecule has 0 heterocycles. The van der Waals surface area contributed by atoms with Crippen molar-refractivity contribution in [2.24, 2.45) is 0 Å². The van der Waals surface area contributed by atoms with Crippen molar-refractivity contribution in [3.63, 3.8) is 0 Å². The number of benzene rings is 2. The lowest BCUT2D eigenvalue weighted by Gasteiger charge is -2.15. The monoisotopic (exact) mass is 432 g/mol. The first-order valence-corrected chi connectivity index (χ1v) is 9.69. The third kappa shape index (κ3) is 5.91. The molecule has 0 atom stereocenters. The Morgan fingerprint density at radius 3 is 1.87 bits per heavy atom. The lowest BCUT2D eigenvalue weighted by Crippen LogP contribution is -2.09. The predicted molar refractivity (Wildman–Crippen MR) is 112 cm³/mol. The van der Waals surface area contributed by atoms with E-state index in [0.717, 1.165) is 43.9 Å². The Morgan fingerprint density at radius 2 is 1.42 bits per heavy atom. The number of methoxy groups -OCH3 is 2. The molecule has 0 amide bonds. The van der Waals surface area contributed by atoms with Crippen molar-refractivity contribution in [3.8, 4) is 17.2 Å². The number of hydrogen-bond acceptors (Lipinski definition) is 8. The van der Waals surface area contributed by atoms with Crippen molar-refractivity contribution in [1.29, 1.82) is 0 Å². The van der Waals surface area contributed by atoms with Gasteiger partial charge in [-0.1, -0.05) is 26.2 Å². The van der Waals surface area contributed by atoms with Gasteiger partial charge in [0.2, 0.25) is 5.78 Å². The molecule has 2 aromatic carbocycles. The van der Waals surface area contributed by atoms with Crippen LogP contribution in [0.3, 0.4) is 0 Å². The minimum atomic E-state index is -0.798. The van der Waals surface area contributed by atoms with Gasteiger partial charge in [-0.05, 0) is 6.42 Å². The summed E-state index contributed by atoms with van der Waals surface area (Å²) in [6.07, 6.45) is 4.12. The van der Waals surface area contributed by atoms with Crippen LogP contribution >= 0.6 is 0 Å². The number of hydrogen-bond donors (Lipinski definition) is 0. The van der Waals surface area contributed by atoms with Gasteiger partial charge in [0.15, 0.2) is 0 Å². The molecule has 0 unspecified atom stereocenters. The molecule has 0 saturated heterocycles. The van der Waals surface area contributed by atoms with Crippen molar-refractivity contribution in [3.05, 3.63) is 61.7 Å². The van der Waals surface area contributed by atoms with E-state index in [1.165, 1.54) is 26.4 Å². The van der Waals surface area contributed by atoms with Gasteiger partial charge in [-0.15, -0.1) is 0 Å². The Bertz CT molecular complexity index is 917. The second kappa shape index (κ2) is 10.9. The first kappa shape index (κ1) is 23.6. The van der Waals surface area contributed by atoms with Crippen LogP contribution < -0.4 is 14.2 Å². The van der Waals surface area contributed by atoms with Crippen LogP contribution in [0.1, 0.15) is 48.5 Å². The maximum atomic E-state index is 13.2. The van der Waals surface area contributed by atoms with Gasteiger partial charge in [0.1, 0.15) is 22.8 Å². The van der Waals surface area contributed by atoms with Gasteiger partial charge in [-0.25, -0.2) is 0 Å². The van der Waals surface area contributed by atoms with E-state index in [4.69, 9.17) is 14.2 Å². The van der Waals surface area contributed by atoms with Crippen molar-refractivity contribution in [1.82, 2.24) is 0 Å². The van der Waals surface area contributed by atoms with Gasteiger partial charge in [0.05, 0.1) is 36.7 Å². The van der Waals surface area contributed by atoms with E-state index >= 15 is 0 Å². The van der Waals surface area contributed by atoms with E-state index in [-0.39, 0.29) is 22.6 Å². The van der Waals surface area contributed by atoms with Gasteiger partial charge in [0, 0.05) is 29.8 Å². The molecule has 166 valence electrons. The van der Waals surface area contributed by atoms with Crippen LogP contribution in [-0.4, -0.2) is 36.5 Å². The minimum absolute atomic E-state index is 0.0156. The number of carbonyl (C=O) groups is 1. The number of unbranched alkanes of at least 4 members (excludes halogenated alkanes) is 3. The maximum absolute atomic E-state index is 13.2. The fourth-order valence-electron chi connectivity index (χ4n) is 3.00. The molecule has 2 aromatic rings. The summed E-state index contributed by atoms with van der Waals surface area (Å²) in [5.41, 5.74) is -1.38. The molecule has 0 fully saturated rings. The molecular weight excluding hydrogens is 408 g/mol. The predicted octanol–water partition coefficient (Wildman–Crippen LogP) is 4.71. The quantitative estimate of drug-likeness (QED) is 0.204. The van der Waals surface area contributed by atoms with Crippen LogP contribution in [0.15, 0.2) is 30.3 Å². The molecule has 0 aromatic heterocycles. The van der Waals surface area contributed by atoms with Crippen LogP contribution in [0, 0.1) is 20.2 Å². The second-order valence-corrected chi connectivity index (χ2v) is 6.69. The zero-order valence-electron chi connectivity index (χ0n) is 17.6. The Kier molecular flexibility index (Phi) is 8.30. The Morgan fingerprint density at radius 1 is 0.871 bits per heavy atom. The number of carbonyl (C=O) groups excluding carboxylic acids is 1. The van der Waals surface area contributed by atoms with Crippen LogP contribution in [-0.2, 0) is 0 Å². The summed E-state index contributed by atoms with van der Waals surface area (Å²) in [4.78, 5) is 33.9. The zero-order chi connectivity index (χ0) is 23.0. The highest BCUT2D eigenvalue weighted by Crippen LogP contribution is 2.37. The normalized spacial score (nSPS) is 10.4. The van der Waals surface area contributed by atoms with E-state index in [2.05, 4.69) is 6.92 Å². The molecule has 31 heavy (non-hydrogen) atoms. The van der Waals surface area contributed by atoms with Gasteiger partial charge >= 0.3 is 0 Å². The average molecular weight is 432 g/mol. The molecule has 10 nitrogen and oxygen atoms in total. The van der Waals surface area contributed by atoms with E-state index < -0.39 is 27.0 Å². The van der Waals surface area contributed by atoms with Gasteiger partial charge < -0.3 is 14.2 Å². The SMILES string of the molecule is CCCCCCOc1cc(OC)c(C(=O)c2cc([N+](=O)[O-])cc([N+](=O)[O-])c2)c(OC)c1. The third-order valence-electron chi connectivity index (χ3n) is 4.56. The number of ketones is 1. The molecule has 0 spiro atoms. The first-order chi connectivity index (χ1) is 14.8. The fraction of sp³-hybridized carbons (Fsp3) is 0.381. The molecule has 0 aliphatic carbocycles. The van der Waals surface area contributed by atoms with Crippen molar-refractivity contribution in [2.45, 2.75) is 32.6 Å². The zero-order valence-corrected chi connectivity index (χ0v) is 17.6. The second-order valence-electron chi connectivity index (χ2n) is 6.69. The molecule has 10 heteroatoms. The van der Waals surface area contributed by atoms with Crippen LogP contribution in [0.2, 0.25) is 0 Å². The highest BCUT2D eigenvalue weighted by atomic mass is 16.6. The number of rotatable bonds is 12. The lowest BCUT2D eigenvalue weighted by atomic mass is 10.00. The summed E-state index contributed by atoms with van der Waals surface area (Å²) >= 11 is 0. The molecule has 0 bridgehead atoms. The summed E-state index contributed by atoms with van der Waals surface area (Å²) in [5, 5.41) is 22.3. The highest BCUT2D eigenvalue weighted by molar-refractivity contribution is 6.13. The van der Waals surface area contributed by atoms with Crippen molar-refractivity contribution >= 4 is 17.2 Å². The third-order valence-corrected chi connectivity index (χ3v) is 4.56. The maximum Gasteiger partial charge on any atom is 0.277 e. The molecule has 0 aliphatic heterocycles. The van der Waals surface area contributed by atoms with Crippen LogP contribution in [0.5, 0.6) is 17.2 Å². The average Bonchev–Trinajstić information content (AvgIpc) is 2.77. The first-order valence-electron chi connectivity index (χ1n) is 9.69. The number of nitro groups is 2. The number of non-ortho nitro benzene ring substituents is 2. The van der Waals surface area contributed by atoms with E-state index in [1.807, 2.05) is 0 Å². The smallest absolute Gasteiger partial charge is 0.277 e. The molecule has 0 saturated carbocycles. The van der Waals surface area contributed by atoms with Crippen LogP contribution in [0.4, 0.5) is 11.4 Å². The largest absolute Gasteiger partial charge is 0.496 e. The highest BCUT2D eigenvalue weighted by Gasteiger charge is 2.26. The van der Waals surface area contributed by atoms with E-state index in [1.54, 1.807) is 0 Å². The van der Waals surface area contributed by atoms with Gasteiger partial charge in [0.25, 0.3) is 11.4 Å². The minimum Gasteiger partial charge on any atom is -0.496 e. The van der Waals surface area contributed by atoms with Gasteiger partial charge in [-0.3, -0.25) is 25.0 Å². The lowest BCUT2D eigenvalue weighted by molar-refractivity contribution is -0.394. The van der Waals surface area contributed by atoms with Gasteiger partial charge in [-0.2, -0.15) is 0 Å². The summed E-state index contributed by atoms with van der Waals surface area (Å²) in [5.74, 6) is -0.0223.